The Balaban J connectivity index is 2.54. The monoisotopic (exact) mass is 238 g/mol. The zero-order chi connectivity index (χ0) is 12.9. The highest BCUT2D eigenvalue weighted by molar-refractivity contribution is 5.83. The summed E-state index contributed by atoms with van der Waals surface area (Å²) in [4.78, 5) is 15.5. The van der Waals surface area contributed by atoms with Crippen LogP contribution in [0, 0.1) is 0 Å². The lowest BCUT2D eigenvalue weighted by atomic mass is 10.2. The van der Waals surface area contributed by atoms with E-state index in [9.17, 15) is 4.79 Å². The van der Waals surface area contributed by atoms with Gasteiger partial charge < -0.3 is 9.47 Å². The molecule has 1 amide bonds. The molecule has 0 saturated carbocycles. The van der Waals surface area contributed by atoms with E-state index >= 15 is 0 Å². The van der Waals surface area contributed by atoms with Crippen LogP contribution in [0.1, 0.15) is 26.3 Å². The number of ether oxygens (including phenoxy) is 2. The van der Waals surface area contributed by atoms with E-state index < -0.39 is 11.7 Å². The molecule has 17 heavy (non-hydrogen) atoms. The fourth-order valence-corrected chi connectivity index (χ4v) is 1.16. The Morgan fingerprint density at radius 1 is 1.41 bits per heavy atom. The van der Waals surface area contributed by atoms with Crippen molar-refractivity contribution in [2.24, 2.45) is 0 Å². The lowest BCUT2D eigenvalue weighted by Crippen LogP contribution is -2.27. The molecule has 94 valence electrons. The van der Waals surface area contributed by atoms with Crippen LogP contribution in [0.3, 0.4) is 0 Å². The highest BCUT2D eigenvalue weighted by Gasteiger charge is 2.16. The van der Waals surface area contributed by atoms with Crippen molar-refractivity contribution in [1.82, 2.24) is 4.98 Å². The van der Waals surface area contributed by atoms with Gasteiger partial charge in [0.2, 0.25) is 0 Å². The van der Waals surface area contributed by atoms with Crippen molar-refractivity contribution < 1.29 is 14.3 Å². The van der Waals surface area contributed by atoms with E-state index in [1.54, 1.807) is 19.4 Å². The minimum absolute atomic E-state index is 0.458. The van der Waals surface area contributed by atoms with Crippen molar-refractivity contribution in [1.29, 1.82) is 0 Å². The summed E-state index contributed by atoms with van der Waals surface area (Å²) in [5.74, 6) is 0.458. The molecule has 0 aliphatic carbocycles. The van der Waals surface area contributed by atoms with Crippen LogP contribution >= 0.6 is 0 Å². The Kier molecular flexibility index (Phi) is 4.45. The molecule has 5 heteroatoms. The Morgan fingerprint density at radius 3 is 2.59 bits per heavy atom. The van der Waals surface area contributed by atoms with E-state index in [-0.39, 0.29) is 0 Å². The maximum atomic E-state index is 11.4. The largest absolute Gasteiger partial charge is 0.444 e. The third kappa shape index (κ3) is 5.31. The summed E-state index contributed by atoms with van der Waals surface area (Å²) in [5.41, 5.74) is 0.433. The van der Waals surface area contributed by atoms with E-state index in [0.717, 1.165) is 5.56 Å². The Labute approximate surface area is 101 Å². The summed E-state index contributed by atoms with van der Waals surface area (Å²) < 4.78 is 10.1. The van der Waals surface area contributed by atoms with Crippen molar-refractivity contribution in [3.8, 4) is 0 Å². The quantitative estimate of drug-likeness (QED) is 0.879. The minimum Gasteiger partial charge on any atom is -0.444 e. The SMILES string of the molecule is COCc1ccc(NC(=O)OC(C)(C)C)nc1. The number of anilines is 1. The fraction of sp³-hybridized carbons (Fsp3) is 0.500. The fourth-order valence-electron chi connectivity index (χ4n) is 1.16. The van der Waals surface area contributed by atoms with Gasteiger partial charge in [0, 0.05) is 13.3 Å². The molecule has 0 saturated heterocycles. The van der Waals surface area contributed by atoms with Crippen molar-refractivity contribution in [3.05, 3.63) is 23.9 Å². The van der Waals surface area contributed by atoms with Crippen LogP contribution in [-0.2, 0) is 16.1 Å². The molecule has 0 unspecified atom stereocenters. The summed E-state index contributed by atoms with van der Waals surface area (Å²) in [6.45, 7) is 5.92. The maximum absolute atomic E-state index is 11.4. The van der Waals surface area contributed by atoms with Gasteiger partial charge in [-0.3, -0.25) is 5.32 Å². The summed E-state index contributed by atoms with van der Waals surface area (Å²) in [7, 11) is 1.62. The summed E-state index contributed by atoms with van der Waals surface area (Å²) in [6, 6.07) is 3.54. The first kappa shape index (κ1) is 13.4. The van der Waals surface area contributed by atoms with E-state index in [1.165, 1.54) is 0 Å². The minimum atomic E-state index is -0.514. The first-order valence-corrected chi connectivity index (χ1v) is 5.34. The number of carbonyl (C=O) groups excluding carboxylic acids is 1. The van der Waals surface area contributed by atoms with Gasteiger partial charge in [0.1, 0.15) is 11.4 Å². The molecule has 1 heterocycles. The van der Waals surface area contributed by atoms with Gasteiger partial charge >= 0.3 is 6.09 Å². The number of amides is 1. The number of nitrogens with one attached hydrogen (secondary N) is 1. The summed E-state index contributed by atoms with van der Waals surface area (Å²) >= 11 is 0. The van der Waals surface area contributed by atoms with Crippen LogP contribution in [0.4, 0.5) is 10.6 Å². The predicted molar refractivity (Wildman–Crippen MR) is 64.8 cm³/mol. The molecule has 1 aromatic rings. The van der Waals surface area contributed by atoms with Gasteiger partial charge in [-0.15, -0.1) is 0 Å². The van der Waals surface area contributed by atoms with Crippen molar-refractivity contribution in [2.75, 3.05) is 12.4 Å². The maximum Gasteiger partial charge on any atom is 0.413 e. The van der Waals surface area contributed by atoms with Gasteiger partial charge in [0.15, 0.2) is 0 Å². The Bertz CT molecular complexity index is 368. The standard InChI is InChI=1S/C12H18N2O3/c1-12(2,3)17-11(15)14-10-6-5-9(7-13-10)8-16-4/h5-7H,8H2,1-4H3,(H,13,14,15). The van der Waals surface area contributed by atoms with Crippen LogP contribution in [-0.4, -0.2) is 23.8 Å². The van der Waals surface area contributed by atoms with Crippen molar-refractivity contribution >= 4 is 11.9 Å². The van der Waals surface area contributed by atoms with Crippen molar-refractivity contribution in [2.45, 2.75) is 33.0 Å². The molecule has 1 aromatic heterocycles. The number of aromatic nitrogens is 1. The predicted octanol–water partition coefficient (Wildman–Crippen LogP) is 2.58. The zero-order valence-corrected chi connectivity index (χ0v) is 10.6. The molecular formula is C12H18N2O3. The molecule has 0 spiro atoms. The number of rotatable bonds is 3. The Morgan fingerprint density at radius 2 is 2.12 bits per heavy atom. The van der Waals surface area contributed by atoms with Crippen LogP contribution < -0.4 is 5.32 Å². The number of pyridine rings is 1. The van der Waals surface area contributed by atoms with Gasteiger partial charge in [-0.1, -0.05) is 6.07 Å². The zero-order valence-electron chi connectivity index (χ0n) is 10.6. The van der Waals surface area contributed by atoms with Gasteiger partial charge in [-0.05, 0) is 32.4 Å². The number of methoxy groups -OCH3 is 1. The number of carbonyl (C=O) groups is 1. The smallest absolute Gasteiger partial charge is 0.413 e. The second-order valence-corrected chi connectivity index (χ2v) is 4.61. The molecule has 5 nitrogen and oxygen atoms in total. The lowest BCUT2D eigenvalue weighted by Gasteiger charge is -2.19. The number of hydrogen-bond donors (Lipinski definition) is 1. The molecule has 0 atom stereocenters. The van der Waals surface area contributed by atoms with Crippen LogP contribution in [0.25, 0.3) is 0 Å². The molecule has 0 bridgehead atoms. The molecule has 1 N–H and O–H groups in total. The third-order valence-electron chi connectivity index (χ3n) is 1.76. The highest BCUT2D eigenvalue weighted by atomic mass is 16.6. The first-order chi connectivity index (χ1) is 7.90. The van der Waals surface area contributed by atoms with Gasteiger partial charge in [0.05, 0.1) is 6.61 Å². The van der Waals surface area contributed by atoms with Crippen LogP contribution in [0.15, 0.2) is 18.3 Å². The number of nitrogens with zero attached hydrogens (tertiary/aromatic N) is 1. The second kappa shape index (κ2) is 5.63. The molecule has 0 aliphatic heterocycles. The molecule has 0 aromatic carbocycles. The molecule has 0 fully saturated rings. The van der Waals surface area contributed by atoms with E-state index in [4.69, 9.17) is 9.47 Å². The van der Waals surface area contributed by atoms with Gasteiger partial charge in [0.25, 0.3) is 0 Å². The molecular weight excluding hydrogens is 220 g/mol. The van der Waals surface area contributed by atoms with Gasteiger partial charge in [-0.2, -0.15) is 0 Å². The van der Waals surface area contributed by atoms with Crippen molar-refractivity contribution in [3.63, 3.8) is 0 Å². The second-order valence-electron chi connectivity index (χ2n) is 4.61. The van der Waals surface area contributed by atoms with Crippen LogP contribution in [0.2, 0.25) is 0 Å². The number of hydrogen-bond acceptors (Lipinski definition) is 4. The average molecular weight is 238 g/mol. The lowest BCUT2D eigenvalue weighted by molar-refractivity contribution is 0.0635. The summed E-state index contributed by atoms with van der Waals surface area (Å²) in [6.07, 6.45) is 1.14. The highest BCUT2D eigenvalue weighted by Crippen LogP contribution is 2.10. The first-order valence-electron chi connectivity index (χ1n) is 5.34. The van der Waals surface area contributed by atoms with E-state index in [2.05, 4.69) is 10.3 Å². The summed E-state index contributed by atoms with van der Waals surface area (Å²) in [5, 5.41) is 2.55. The third-order valence-corrected chi connectivity index (χ3v) is 1.76. The van der Waals surface area contributed by atoms with Crippen LogP contribution in [0.5, 0.6) is 0 Å². The average Bonchev–Trinajstić information content (AvgIpc) is 2.18. The van der Waals surface area contributed by atoms with E-state index in [1.807, 2.05) is 26.8 Å². The molecule has 0 radical (unpaired) electrons. The van der Waals surface area contributed by atoms with E-state index in [0.29, 0.717) is 12.4 Å². The normalized spacial score (nSPS) is 11.1. The van der Waals surface area contributed by atoms with Gasteiger partial charge in [-0.25, -0.2) is 9.78 Å². The molecule has 1 rings (SSSR count). The molecule has 0 aliphatic rings. The topological polar surface area (TPSA) is 60.5 Å². The Hall–Kier alpha value is -1.62.